The van der Waals surface area contributed by atoms with E-state index in [1.54, 1.807) is 14.1 Å². The molecule has 6 rings (SSSR count). The Morgan fingerprint density at radius 1 is 0.882 bits per heavy atom. The lowest BCUT2D eigenvalue weighted by Gasteiger charge is -2.19. The summed E-state index contributed by atoms with van der Waals surface area (Å²) in [5, 5.41) is 2.32. The number of nitrogens with zero attached hydrogens (tertiary/aromatic N) is 6. The predicted octanol–water partition coefficient (Wildman–Crippen LogP) is 6.42. The Labute approximate surface area is 300 Å². The summed E-state index contributed by atoms with van der Waals surface area (Å²) in [6.45, 7) is 0.610. The van der Waals surface area contributed by atoms with Gasteiger partial charge in [-0.3, -0.25) is 9.29 Å². The molecule has 3 aromatic heterocycles. The second kappa shape index (κ2) is 13.9. The molecule has 0 spiro atoms. The van der Waals surface area contributed by atoms with E-state index in [0.717, 1.165) is 24.5 Å². The van der Waals surface area contributed by atoms with Gasteiger partial charge in [0.05, 0.1) is 26.8 Å². The molecule has 12 nitrogen and oxygen atoms in total. The van der Waals surface area contributed by atoms with Crippen LogP contribution in [-0.2, 0) is 20.0 Å². The smallest absolute Gasteiger partial charge is 0.263 e. The number of anilines is 3. The maximum absolute atomic E-state index is 15.8. The number of nitrogens with one attached hydrogen (secondary N) is 2. The van der Waals surface area contributed by atoms with Gasteiger partial charge in [-0.15, -0.1) is 0 Å². The van der Waals surface area contributed by atoms with Gasteiger partial charge in [0, 0.05) is 31.7 Å². The average Bonchev–Trinajstić information content (AvgIpc) is 3.47. The van der Waals surface area contributed by atoms with E-state index in [-0.39, 0.29) is 49.5 Å². The quantitative estimate of drug-likeness (QED) is 0.152. The lowest BCUT2D eigenvalue weighted by molar-refractivity contribution is 0.358. The number of fused-ring (bicyclic) bond motifs is 2. The summed E-state index contributed by atoms with van der Waals surface area (Å²) in [6, 6.07) is 12.4. The summed E-state index contributed by atoms with van der Waals surface area (Å²) >= 11 is 12.0. The summed E-state index contributed by atoms with van der Waals surface area (Å²) in [4.78, 5) is 14.1. The largest absolute Gasteiger partial charge is 0.333 e. The SMILES string of the molecule is CN(C)CCN(C)S(=O)(=O)c1cn(-c2ccc3ncnc(Nc4c(F)ccc(NS(=O)(=O)c5cccc(Cl)c5Cl)c4F)c3n2)c2ccc(F)cc12. The fourth-order valence-electron chi connectivity index (χ4n) is 5.11. The van der Waals surface area contributed by atoms with Gasteiger partial charge < -0.3 is 10.2 Å². The molecule has 266 valence electrons. The van der Waals surface area contributed by atoms with E-state index in [9.17, 15) is 21.2 Å². The van der Waals surface area contributed by atoms with E-state index < -0.39 is 53.8 Å². The second-order valence-corrected chi connectivity index (χ2v) is 15.9. The molecule has 51 heavy (non-hydrogen) atoms. The van der Waals surface area contributed by atoms with E-state index in [2.05, 4.69) is 25.0 Å². The van der Waals surface area contributed by atoms with Crippen LogP contribution in [0.1, 0.15) is 0 Å². The van der Waals surface area contributed by atoms with Crippen molar-refractivity contribution < 1.29 is 30.0 Å². The van der Waals surface area contributed by atoms with Crippen molar-refractivity contribution in [3.63, 3.8) is 0 Å². The minimum atomic E-state index is -4.47. The third kappa shape index (κ3) is 7.04. The van der Waals surface area contributed by atoms with E-state index in [0.29, 0.717) is 12.1 Å². The first-order valence-electron chi connectivity index (χ1n) is 14.8. The zero-order chi connectivity index (χ0) is 36.8. The summed E-state index contributed by atoms with van der Waals surface area (Å²) in [5.74, 6) is -3.08. The van der Waals surface area contributed by atoms with Crippen molar-refractivity contribution in [3.05, 3.63) is 101 Å². The van der Waals surface area contributed by atoms with Gasteiger partial charge in [-0.25, -0.2) is 45.0 Å². The van der Waals surface area contributed by atoms with Gasteiger partial charge in [-0.1, -0.05) is 29.3 Å². The van der Waals surface area contributed by atoms with Crippen LogP contribution in [0.2, 0.25) is 10.0 Å². The molecule has 6 aromatic rings. The van der Waals surface area contributed by atoms with Gasteiger partial charge in [0.15, 0.2) is 11.6 Å². The van der Waals surface area contributed by atoms with Crippen molar-refractivity contribution in [2.75, 3.05) is 44.3 Å². The highest BCUT2D eigenvalue weighted by molar-refractivity contribution is 7.92. The first-order chi connectivity index (χ1) is 24.1. The van der Waals surface area contributed by atoms with Gasteiger partial charge in [0.2, 0.25) is 10.0 Å². The van der Waals surface area contributed by atoms with Crippen LogP contribution >= 0.6 is 23.2 Å². The van der Waals surface area contributed by atoms with E-state index in [1.165, 1.54) is 64.6 Å². The van der Waals surface area contributed by atoms with Crippen molar-refractivity contribution >= 4 is 82.4 Å². The van der Waals surface area contributed by atoms with Crippen LogP contribution in [0, 0.1) is 17.5 Å². The van der Waals surface area contributed by atoms with Crippen LogP contribution in [0.5, 0.6) is 0 Å². The number of rotatable bonds is 11. The van der Waals surface area contributed by atoms with E-state index in [4.69, 9.17) is 23.2 Å². The number of aromatic nitrogens is 4. The first-order valence-corrected chi connectivity index (χ1v) is 18.5. The highest BCUT2D eigenvalue weighted by Crippen LogP contribution is 2.35. The molecule has 0 unspecified atom stereocenters. The third-order valence-corrected chi connectivity index (χ3v) is 12.0. The number of hydrogen-bond acceptors (Lipinski definition) is 9. The molecule has 3 heterocycles. The Balaban J connectivity index is 1.41. The molecule has 0 fully saturated rings. The molecule has 3 aromatic carbocycles. The van der Waals surface area contributed by atoms with Crippen LogP contribution in [0.15, 0.2) is 83.0 Å². The highest BCUT2D eigenvalue weighted by atomic mass is 35.5. The Bertz CT molecular complexity index is 2560. The molecule has 0 radical (unpaired) electrons. The standard InChI is InChI=1S/C32H27Cl2F3N8O4S2/c1-43(2)13-14-44(3)51(48,49)26-16-45(24-11-7-18(35)15-19(24)26)27-12-10-23-31(40-27)32(39-17-38-23)41-30-21(36)8-9-22(29(30)37)42-50(46,47)25-6-4-5-20(33)28(25)34/h4-12,15-17,42H,13-14H2,1-3H3,(H,38,39,41). The number of sulfonamides is 2. The Morgan fingerprint density at radius 3 is 2.39 bits per heavy atom. The zero-order valence-corrected chi connectivity index (χ0v) is 30.0. The molecule has 0 saturated carbocycles. The molecule has 0 amide bonds. The Morgan fingerprint density at radius 2 is 1.65 bits per heavy atom. The number of pyridine rings is 1. The molecular weight excluding hydrogens is 752 g/mol. The summed E-state index contributed by atoms with van der Waals surface area (Å²) < 4.78 is 104. The molecule has 0 aliphatic carbocycles. The van der Waals surface area contributed by atoms with Crippen molar-refractivity contribution in [1.29, 1.82) is 0 Å². The molecule has 0 bridgehead atoms. The lowest BCUT2D eigenvalue weighted by Crippen LogP contribution is -2.33. The fourth-order valence-corrected chi connectivity index (χ4v) is 8.27. The van der Waals surface area contributed by atoms with Crippen LogP contribution < -0.4 is 10.0 Å². The first kappa shape index (κ1) is 36.3. The van der Waals surface area contributed by atoms with Crippen LogP contribution in [0.4, 0.5) is 30.4 Å². The summed E-state index contributed by atoms with van der Waals surface area (Å²) in [5.41, 5.74) is -0.816. The molecule has 0 saturated heterocycles. The van der Waals surface area contributed by atoms with Crippen molar-refractivity contribution in [2.24, 2.45) is 0 Å². The Hall–Kier alpha value is -4.52. The zero-order valence-electron chi connectivity index (χ0n) is 26.9. The number of likely N-dealkylation sites (N-methyl/N-ethyl adjacent to an activating group) is 2. The van der Waals surface area contributed by atoms with Crippen LogP contribution in [-0.4, -0.2) is 79.8 Å². The fraction of sp³-hybridized carbons (Fsp3) is 0.156. The van der Waals surface area contributed by atoms with E-state index >= 15 is 8.78 Å². The van der Waals surface area contributed by atoms with Crippen molar-refractivity contribution in [2.45, 2.75) is 9.79 Å². The minimum Gasteiger partial charge on any atom is -0.333 e. The van der Waals surface area contributed by atoms with Gasteiger partial charge in [-0.2, -0.15) is 4.31 Å². The molecule has 0 atom stereocenters. The maximum Gasteiger partial charge on any atom is 0.263 e. The molecule has 0 aliphatic rings. The molecule has 19 heteroatoms. The van der Waals surface area contributed by atoms with Crippen LogP contribution in [0.25, 0.3) is 27.8 Å². The minimum absolute atomic E-state index is 0.0157. The van der Waals surface area contributed by atoms with Crippen molar-refractivity contribution in [3.8, 4) is 5.82 Å². The van der Waals surface area contributed by atoms with Crippen LogP contribution in [0.3, 0.4) is 0 Å². The number of hydrogen-bond donors (Lipinski definition) is 2. The third-order valence-electron chi connectivity index (χ3n) is 7.78. The monoisotopic (exact) mass is 778 g/mol. The molecular formula is C32H27Cl2F3N8O4S2. The van der Waals surface area contributed by atoms with Gasteiger partial charge in [0.25, 0.3) is 10.0 Å². The Kier molecular flexibility index (Phi) is 9.88. The number of halogens is 5. The normalized spacial score (nSPS) is 12.4. The summed E-state index contributed by atoms with van der Waals surface area (Å²) in [7, 11) is -3.53. The highest BCUT2D eigenvalue weighted by Gasteiger charge is 2.28. The van der Waals surface area contributed by atoms with Gasteiger partial charge in [-0.05, 0) is 68.7 Å². The van der Waals surface area contributed by atoms with Crippen molar-refractivity contribution in [1.82, 2.24) is 28.7 Å². The van der Waals surface area contributed by atoms with Gasteiger partial charge >= 0.3 is 0 Å². The maximum atomic E-state index is 15.8. The average molecular weight is 780 g/mol. The molecule has 0 aliphatic heterocycles. The molecule has 2 N–H and O–H groups in total. The summed E-state index contributed by atoms with van der Waals surface area (Å²) in [6.07, 6.45) is 2.44. The number of benzene rings is 3. The lowest BCUT2D eigenvalue weighted by atomic mass is 10.2. The van der Waals surface area contributed by atoms with Gasteiger partial charge in [0.1, 0.15) is 44.8 Å². The topological polar surface area (TPSA) is 142 Å². The second-order valence-electron chi connectivity index (χ2n) is 11.5. The van der Waals surface area contributed by atoms with E-state index in [1.807, 2.05) is 4.90 Å². The predicted molar refractivity (Wildman–Crippen MR) is 189 cm³/mol.